The topological polar surface area (TPSA) is 57.7 Å². The lowest BCUT2D eigenvalue weighted by Gasteiger charge is -2.22. The molecule has 0 atom stereocenters. The van der Waals surface area contributed by atoms with Gasteiger partial charge in [0.25, 0.3) is 0 Å². The molecule has 0 N–H and O–H groups in total. The van der Waals surface area contributed by atoms with Gasteiger partial charge >= 0.3 is 0 Å². The molecule has 0 bridgehead atoms. The predicted molar refractivity (Wildman–Crippen MR) is 110 cm³/mol. The van der Waals surface area contributed by atoms with Crippen molar-refractivity contribution in [2.75, 3.05) is 18.0 Å². The number of hydrogen-bond acceptors (Lipinski definition) is 4. The van der Waals surface area contributed by atoms with Crippen LogP contribution < -0.4 is 4.90 Å². The smallest absolute Gasteiger partial charge is 0.243 e. The second-order valence-corrected chi connectivity index (χ2v) is 10.1. The van der Waals surface area contributed by atoms with Gasteiger partial charge in [0.05, 0.1) is 9.23 Å². The largest absolute Gasteiger partial charge is 0.312 e. The fraction of sp³-hybridized carbons (Fsp3) is 0.316. The Bertz CT molecular complexity index is 969. The quantitative estimate of drug-likeness (QED) is 0.625. The molecule has 1 fully saturated rings. The van der Waals surface area contributed by atoms with Crippen LogP contribution in [0.4, 0.5) is 5.69 Å². The summed E-state index contributed by atoms with van der Waals surface area (Å²) in [6.07, 6.45) is 2.93. The van der Waals surface area contributed by atoms with Gasteiger partial charge in [0.1, 0.15) is 0 Å². The zero-order chi connectivity index (χ0) is 19.6. The summed E-state index contributed by atoms with van der Waals surface area (Å²) in [5, 5.41) is 0. The van der Waals surface area contributed by atoms with E-state index in [1.165, 1.54) is 15.6 Å². The van der Waals surface area contributed by atoms with Gasteiger partial charge in [-0.05, 0) is 49.2 Å². The molecule has 0 aliphatic carbocycles. The zero-order valence-electron chi connectivity index (χ0n) is 15.0. The van der Waals surface area contributed by atoms with Crippen LogP contribution >= 0.6 is 22.9 Å². The number of carbonyl (C=O) groups excluding carboxylic acids is 1. The van der Waals surface area contributed by atoms with Crippen molar-refractivity contribution in [3.8, 4) is 0 Å². The van der Waals surface area contributed by atoms with Crippen molar-refractivity contribution in [2.45, 2.75) is 31.2 Å². The first-order valence-corrected chi connectivity index (χ1v) is 11.2. The van der Waals surface area contributed by atoms with Gasteiger partial charge in [-0.3, -0.25) is 4.79 Å². The summed E-state index contributed by atoms with van der Waals surface area (Å²) in [6, 6.07) is 8.64. The maximum Gasteiger partial charge on any atom is 0.243 e. The van der Waals surface area contributed by atoms with Crippen molar-refractivity contribution >= 4 is 44.6 Å². The maximum absolute atomic E-state index is 13.2. The number of amides is 1. The highest BCUT2D eigenvalue weighted by Crippen LogP contribution is 2.29. The van der Waals surface area contributed by atoms with Crippen LogP contribution in [-0.2, 0) is 21.4 Å². The molecule has 0 saturated carbocycles. The Balaban J connectivity index is 1.91. The lowest BCUT2D eigenvalue weighted by molar-refractivity contribution is -0.117. The molecule has 0 radical (unpaired) electrons. The number of rotatable bonds is 7. The fourth-order valence-electron chi connectivity index (χ4n) is 3.15. The number of halogens is 1. The number of anilines is 1. The van der Waals surface area contributed by atoms with E-state index < -0.39 is 10.0 Å². The molecule has 1 aliphatic rings. The Hall–Kier alpha value is -1.67. The number of carbonyl (C=O) groups is 1. The molecule has 1 aromatic carbocycles. The van der Waals surface area contributed by atoms with E-state index in [4.69, 9.17) is 11.6 Å². The Labute approximate surface area is 168 Å². The molecule has 1 aromatic heterocycles. The lowest BCUT2D eigenvalue weighted by atomic mass is 10.2. The Morgan fingerprint density at radius 2 is 2.11 bits per heavy atom. The minimum Gasteiger partial charge on any atom is -0.312 e. The fourth-order valence-corrected chi connectivity index (χ4v) is 5.93. The molecule has 0 unspecified atom stereocenters. The van der Waals surface area contributed by atoms with Gasteiger partial charge in [-0.2, -0.15) is 4.31 Å². The standard InChI is InChI=1S/C19H21ClN2O3S2/c1-3-10-21(13-16-7-9-18(20)26-16)27(24,25)17-8-6-15(12-14(17)2)22-11-4-5-19(22)23/h3,6-9,12H,1,4-5,10-11,13H2,2H3. The minimum atomic E-state index is -3.71. The zero-order valence-corrected chi connectivity index (χ0v) is 17.4. The van der Waals surface area contributed by atoms with Gasteiger partial charge in [0.2, 0.25) is 15.9 Å². The number of sulfonamides is 1. The van der Waals surface area contributed by atoms with Crippen molar-refractivity contribution in [3.05, 3.63) is 57.8 Å². The summed E-state index contributed by atoms with van der Waals surface area (Å²) in [7, 11) is -3.71. The summed E-state index contributed by atoms with van der Waals surface area (Å²) in [5.41, 5.74) is 1.36. The van der Waals surface area contributed by atoms with Gasteiger partial charge < -0.3 is 4.90 Å². The number of thiophene rings is 1. The van der Waals surface area contributed by atoms with Crippen molar-refractivity contribution in [1.29, 1.82) is 0 Å². The summed E-state index contributed by atoms with van der Waals surface area (Å²) in [4.78, 5) is 14.8. The van der Waals surface area contributed by atoms with Crippen molar-refractivity contribution in [3.63, 3.8) is 0 Å². The third-order valence-corrected chi connectivity index (χ3v) is 7.64. The van der Waals surface area contributed by atoms with Crippen LogP contribution in [0, 0.1) is 6.92 Å². The van der Waals surface area contributed by atoms with Crippen LogP contribution in [0.1, 0.15) is 23.3 Å². The molecule has 144 valence electrons. The van der Waals surface area contributed by atoms with E-state index in [0.717, 1.165) is 17.0 Å². The Kier molecular flexibility index (Phi) is 6.05. The predicted octanol–water partition coefficient (Wildman–Crippen LogP) is 4.21. The van der Waals surface area contributed by atoms with Gasteiger partial charge in [0, 0.05) is 36.6 Å². The maximum atomic E-state index is 13.2. The first-order valence-electron chi connectivity index (χ1n) is 8.59. The van der Waals surface area contributed by atoms with Crippen molar-refractivity contribution < 1.29 is 13.2 Å². The molecule has 2 aromatic rings. The first-order chi connectivity index (χ1) is 12.8. The number of nitrogens with zero attached hydrogens (tertiary/aromatic N) is 2. The van der Waals surface area contributed by atoms with Crippen LogP contribution in [0.5, 0.6) is 0 Å². The molecule has 3 rings (SSSR count). The SMILES string of the molecule is C=CCN(Cc1ccc(Cl)s1)S(=O)(=O)c1ccc(N2CCCC2=O)cc1C. The highest BCUT2D eigenvalue weighted by atomic mass is 35.5. The number of hydrogen-bond donors (Lipinski definition) is 0. The summed E-state index contributed by atoms with van der Waals surface area (Å²) < 4.78 is 28.4. The van der Waals surface area contributed by atoms with E-state index in [9.17, 15) is 13.2 Å². The Morgan fingerprint density at radius 3 is 2.67 bits per heavy atom. The van der Waals surface area contributed by atoms with Gasteiger partial charge in [-0.25, -0.2) is 8.42 Å². The summed E-state index contributed by atoms with van der Waals surface area (Å²) in [6.45, 7) is 6.54. The van der Waals surface area contributed by atoms with E-state index in [1.54, 1.807) is 42.2 Å². The summed E-state index contributed by atoms with van der Waals surface area (Å²) >= 11 is 7.32. The van der Waals surface area contributed by atoms with Crippen molar-refractivity contribution in [1.82, 2.24) is 4.31 Å². The monoisotopic (exact) mass is 424 g/mol. The number of aryl methyl sites for hydroxylation is 1. The Morgan fingerprint density at radius 1 is 1.33 bits per heavy atom. The van der Waals surface area contributed by atoms with Crippen LogP contribution in [0.2, 0.25) is 4.34 Å². The van der Waals surface area contributed by atoms with Gasteiger partial charge in [0.15, 0.2) is 0 Å². The second kappa shape index (κ2) is 8.14. The van der Waals surface area contributed by atoms with E-state index in [2.05, 4.69) is 6.58 Å². The highest BCUT2D eigenvalue weighted by Gasteiger charge is 2.28. The van der Waals surface area contributed by atoms with Gasteiger partial charge in [-0.15, -0.1) is 17.9 Å². The van der Waals surface area contributed by atoms with E-state index >= 15 is 0 Å². The molecule has 0 spiro atoms. The third kappa shape index (κ3) is 4.27. The van der Waals surface area contributed by atoms with Crippen LogP contribution in [0.15, 0.2) is 47.9 Å². The molecule has 27 heavy (non-hydrogen) atoms. The van der Waals surface area contributed by atoms with Crippen molar-refractivity contribution in [2.24, 2.45) is 0 Å². The van der Waals surface area contributed by atoms with Crippen LogP contribution in [0.3, 0.4) is 0 Å². The molecule has 1 amide bonds. The molecule has 1 aliphatic heterocycles. The average molecular weight is 425 g/mol. The molecule has 1 saturated heterocycles. The molecular weight excluding hydrogens is 404 g/mol. The first kappa shape index (κ1) is 20.1. The van der Waals surface area contributed by atoms with Crippen LogP contribution in [-0.4, -0.2) is 31.7 Å². The lowest BCUT2D eigenvalue weighted by Crippen LogP contribution is -2.31. The minimum absolute atomic E-state index is 0.0767. The molecule has 2 heterocycles. The van der Waals surface area contributed by atoms with E-state index in [-0.39, 0.29) is 23.9 Å². The normalized spacial score (nSPS) is 14.9. The third-order valence-electron chi connectivity index (χ3n) is 4.46. The number of benzene rings is 1. The summed E-state index contributed by atoms with van der Waals surface area (Å²) in [5.74, 6) is 0.0767. The van der Waals surface area contributed by atoms with E-state index in [0.29, 0.717) is 22.9 Å². The average Bonchev–Trinajstić information content (AvgIpc) is 3.22. The second-order valence-electron chi connectivity index (χ2n) is 6.39. The molecule has 8 heteroatoms. The molecule has 5 nitrogen and oxygen atoms in total. The van der Waals surface area contributed by atoms with E-state index in [1.807, 2.05) is 6.07 Å². The highest BCUT2D eigenvalue weighted by molar-refractivity contribution is 7.89. The molecular formula is C19H21ClN2O3S2. The van der Waals surface area contributed by atoms with Gasteiger partial charge in [-0.1, -0.05) is 17.7 Å². The van der Waals surface area contributed by atoms with Crippen LogP contribution in [0.25, 0.3) is 0 Å².